The van der Waals surface area contributed by atoms with Crippen molar-refractivity contribution in [2.24, 2.45) is 0 Å². The van der Waals surface area contributed by atoms with Crippen LogP contribution >= 0.6 is 0 Å². The number of aromatic nitrogens is 1. The van der Waals surface area contributed by atoms with Crippen LogP contribution in [0.4, 0.5) is 5.69 Å². The Morgan fingerprint density at radius 3 is 2.59 bits per heavy atom. The van der Waals surface area contributed by atoms with Crippen LogP contribution < -0.4 is 10.1 Å². The predicted molar refractivity (Wildman–Crippen MR) is 103 cm³/mol. The molecule has 142 valence electrons. The molecule has 1 saturated heterocycles. The molecule has 0 bridgehead atoms. The molecule has 0 spiro atoms. The molecule has 7 nitrogen and oxygen atoms in total. The minimum absolute atomic E-state index is 0.0492. The molecule has 3 rings (SSSR count). The van der Waals surface area contributed by atoms with E-state index in [1.165, 1.54) is 5.56 Å². The van der Waals surface area contributed by atoms with Crippen molar-refractivity contribution < 1.29 is 14.3 Å². The number of carbonyl (C=O) groups is 2. The average molecular weight is 368 g/mol. The highest BCUT2D eigenvalue weighted by molar-refractivity contribution is 5.94. The number of pyridine rings is 1. The van der Waals surface area contributed by atoms with Gasteiger partial charge in [0.05, 0.1) is 18.4 Å². The van der Waals surface area contributed by atoms with Gasteiger partial charge in [-0.1, -0.05) is 12.1 Å². The summed E-state index contributed by atoms with van der Waals surface area (Å²) in [7, 11) is 1.65. The summed E-state index contributed by atoms with van der Waals surface area (Å²) in [5.41, 5.74) is 2.58. The molecule has 2 aromatic rings. The van der Waals surface area contributed by atoms with Crippen molar-refractivity contribution >= 4 is 18.0 Å². The number of benzene rings is 1. The molecular weight excluding hydrogens is 344 g/mol. The van der Waals surface area contributed by atoms with Crippen LogP contribution in [0.1, 0.15) is 15.9 Å². The van der Waals surface area contributed by atoms with E-state index in [0.29, 0.717) is 31.7 Å². The van der Waals surface area contributed by atoms with Gasteiger partial charge in [-0.05, 0) is 30.2 Å². The van der Waals surface area contributed by atoms with E-state index < -0.39 is 0 Å². The number of methoxy groups -OCH3 is 1. The number of rotatable bonds is 7. The SMILES string of the molecule is COc1ccc(CCNc2cncc(C(=O)N3CCN(C=O)CC3)c2)cc1. The second-order valence-electron chi connectivity index (χ2n) is 6.42. The number of ether oxygens (including phenoxy) is 1. The fourth-order valence-corrected chi connectivity index (χ4v) is 3.01. The van der Waals surface area contributed by atoms with Crippen molar-refractivity contribution in [3.63, 3.8) is 0 Å². The van der Waals surface area contributed by atoms with E-state index >= 15 is 0 Å². The molecule has 2 heterocycles. The minimum Gasteiger partial charge on any atom is -0.497 e. The molecule has 1 fully saturated rings. The summed E-state index contributed by atoms with van der Waals surface area (Å²) in [5, 5.41) is 3.32. The zero-order valence-electron chi connectivity index (χ0n) is 15.4. The van der Waals surface area contributed by atoms with E-state index in [2.05, 4.69) is 10.3 Å². The highest BCUT2D eigenvalue weighted by Crippen LogP contribution is 2.14. The lowest BCUT2D eigenvalue weighted by molar-refractivity contribution is -0.119. The molecular formula is C20H24N4O3. The molecule has 1 aromatic carbocycles. The summed E-state index contributed by atoms with van der Waals surface area (Å²) < 4.78 is 5.16. The minimum atomic E-state index is -0.0492. The van der Waals surface area contributed by atoms with Gasteiger partial charge in [-0.3, -0.25) is 14.6 Å². The van der Waals surface area contributed by atoms with Crippen LogP contribution in [-0.2, 0) is 11.2 Å². The summed E-state index contributed by atoms with van der Waals surface area (Å²) in [6.45, 7) is 2.98. The van der Waals surface area contributed by atoms with Gasteiger partial charge in [0, 0.05) is 45.1 Å². The Morgan fingerprint density at radius 1 is 1.19 bits per heavy atom. The number of nitrogens with one attached hydrogen (secondary N) is 1. The van der Waals surface area contributed by atoms with Crippen LogP contribution in [0, 0.1) is 0 Å². The van der Waals surface area contributed by atoms with E-state index in [4.69, 9.17) is 4.74 Å². The van der Waals surface area contributed by atoms with Crippen LogP contribution in [0.2, 0.25) is 0 Å². The lowest BCUT2D eigenvalue weighted by Gasteiger charge is -2.32. The van der Waals surface area contributed by atoms with Gasteiger partial charge in [-0.2, -0.15) is 0 Å². The first kappa shape index (κ1) is 18.7. The normalized spacial score (nSPS) is 14.0. The summed E-state index contributed by atoms with van der Waals surface area (Å²) >= 11 is 0. The summed E-state index contributed by atoms with van der Waals surface area (Å²) in [6, 6.07) is 9.80. The quantitative estimate of drug-likeness (QED) is 0.753. The summed E-state index contributed by atoms with van der Waals surface area (Å²) in [4.78, 5) is 31.1. The highest BCUT2D eigenvalue weighted by atomic mass is 16.5. The Kier molecular flexibility index (Phi) is 6.25. The molecule has 0 radical (unpaired) electrons. The maximum absolute atomic E-state index is 12.6. The molecule has 27 heavy (non-hydrogen) atoms. The maximum atomic E-state index is 12.6. The maximum Gasteiger partial charge on any atom is 0.255 e. The van der Waals surface area contributed by atoms with Crippen LogP contribution in [0.15, 0.2) is 42.7 Å². The van der Waals surface area contributed by atoms with E-state index in [1.807, 2.05) is 30.3 Å². The second-order valence-corrected chi connectivity index (χ2v) is 6.42. The Balaban J connectivity index is 1.53. The van der Waals surface area contributed by atoms with E-state index in [1.54, 1.807) is 29.3 Å². The zero-order chi connectivity index (χ0) is 19.1. The van der Waals surface area contributed by atoms with Gasteiger partial charge in [0.15, 0.2) is 0 Å². The van der Waals surface area contributed by atoms with Gasteiger partial charge >= 0.3 is 0 Å². The number of carbonyl (C=O) groups excluding carboxylic acids is 2. The number of hydrogen-bond donors (Lipinski definition) is 1. The zero-order valence-corrected chi connectivity index (χ0v) is 15.4. The Bertz CT molecular complexity index is 771. The van der Waals surface area contributed by atoms with E-state index in [9.17, 15) is 9.59 Å². The van der Waals surface area contributed by atoms with Gasteiger partial charge in [0.2, 0.25) is 6.41 Å². The lowest BCUT2D eigenvalue weighted by atomic mass is 10.1. The number of anilines is 1. The number of piperazine rings is 1. The predicted octanol–water partition coefficient (Wildman–Crippen LogP) is 1.66. The van der Waals surface area contributed by atoms with Crippen LogP contribution in [-0.4, -0.2) is 66.9 Å². The standard InChI is InChI=1S/C20H24N4O3/c1-27-19-4-2-16(3-5-19)6-7-22-18-12-17(13-21-14-18)20(26)24-10-8-23(15-25)9-11-24/h2-5,12-15,22H,6-11H2,1H3. The van der Waals surface area contributed by atoms with Crippen molar-refractivity contribution in [3.05, 3.63) is 53.9 Å². The fourth-order valence-electron chi connectivity index (χ4n) is 3.01. The van der Waals surface area contributed by atoms with Crippen molar-refractivity contribution in [2.75, 3.05) is 45.2 Å². The third kappa shape index (κ3) is 4.97. The van der Waals surface area contributed by atoms with Gasteiger partial charge in [0.25, 0.3) is 5.91 Å². The molecule has 0 saturated carbocycles. The van der Waals surface area contributed by atoms with Crippen molar-refractivity contribution in [3.8, 4) is 5.75 Å². The van der Waals surface area contributed by atoms with Crippen molar-refractivity contribution in [1.29, 1.82) is 0 Å². The molecule has 7 heteroatoms. The number of nitrogens with zero attached hydrogens (tertiary/aromatic N) is 3. The molecule has 1 aromatic heterocycles. The smallest absolute Gasteiger partial charge is 0.255 e. The van der Waals surface area contributed by atoms with Crippen LogP contribution in [0.25, 0.3) is 0 Å². The largest absolute Gasteiger partial charge is 0.497 e. The first-order chi connectivity index (χ1) is 13.2. The molecule has 0 unspecified atom stereocenters. The molecule has 1 aliphatic rings. The summed E-state index contributed by atoms with van der Waals surface area (Å²) in [6.07, 6.45) is 4.99. The molecule has 0 atom stereocenters. The first-order valence-corrected chi connectivity index (χ1v) is 9.00. The number of hydrogen-bond acceptors (Lipinski definition) is 5. The third-order valence-electron chi connectivity index (χ3n) is 4.64. The van der Waals surface area contributed by atoms with Gasteiger partial charge in [0.1, 0.15) is 5.75 Å². The van der Waals surface area contributed by atoms with Gasteiger partial charge in [-0.25, -0.2) is 0 Å². The van der Waals surface area contributed by atoms with Gasteiger partial charge in [-0.15, -0.1) is 0 Å². The van der Waals surface area contributed by atoms with Gasteiger partial charge < -0.3 is 19.9 Å². The summed E-state index contributed by atoms with van der Waals surface area (Å²) in [5.74, 6) is 0.794. The van der Waals surface area contributed by atoms with Crippen molar-refractivity contribution in [1.82, 2.24) is 14.8 Å². The number of amides is 2. The molecule has 1 aliphatic heterocycles. The molecule has 2 amide bonds. The van der Waals surface area contributed by atoms with Crippen molar-refractivity contribution in [2.45, 2.75) is 6.42 Å². The Labute approximate surface area is 158 Å². The van der Waals surface area contributed by atoms with E-state index in [0.717, 1.165) is 30.8 Å². The monoisotopic (exact) mass is 368 g/mol. The fraction of sp³-hybridized carbons (Fsp3) is 0.350. The first-order valence-electron chi connectivity index (χ1n) is 9.00. The third-order valence-corrected chi connectivity index (χ3v) is 4.64. The van der Waals surface area contributed by atoms with Crippen LogP contribution in [0.5, 0.6) is 5.75 Å². The topological polar surface area (TPSA) is 74.8 Å². The Hall–Kier alpha value is -3.09. The van der Waals surface area contributed by atoms with Crippen LogP contribution in [0.3, 0.4) is 0 Å². The molecule has 1 N–H and O–H groups in total. The lowest BCUT2D eigenvalue weighted by Crippen LogP contribution is -2.48. The highest BCUT2D eigenvalue weighted by Gasteiger charge is 2.21. The van der Waals surface area contributed by atoms with E-state index in [-0.39, 0.29) is 5.91 Å². The average Bonchev–Trinajstić information content (AvgIpc) is 2.74. The Morgan fingerprint density at radius 2 is 1.93 bits per heavy atom. The molecule has 0 aliphatic carbocycles. The second kappa shape index (κ2) is 9.02.